The van der Waals surface area contributed by atoms with E-state index in [4.69, 9.17) is 11.6 Å². The smallest absolute Gasteiger partial charge is 0.136 e. The molecule has 0 bridgehead atoms. The highest BCUT2D eigenvalue weighted by atomic mass is 79.9. The van der Waals surface area contributed by atoms with E-state index in [2.05, 4.69) is 33.1 Å². The van der Waals surface area contributed by atoms with Crippen molar-refractivity contribution in [1.82, 2.24) is 10.2 Å². The van der Waals surface area contributed by atoms with Crippen LogP contribution in [0.4, 0.5) is 0 Å². The zero-order valence-corrected chi connectivity index (χ0v) is 12.8. The van der Waals surface area contributed by atoms with Gasteiger partial charge in [0.2, 0.25) is 0 Å². The number of rotatable bonds is 3. The summed E-state index contributed by atoms with van der Waals surface area (Å²) >= 11 is 9.33. The van der Waals surface area contributed by atoms with Crippen LogP contribution in [-0.2, 0) is 0 Å². The van der Waals surface area contributed by atoms with Gasteiger partial charge in [-0.15, -0.1) is 0 Å². The molecule has 5 heteroatoms. The average Bonchev–Trinajstić information content (AvgIpc) is 2.41. The highest BCUT2D eigenvalue weighted by molar-refractivity contribution is 9.10. The Hall–Kier alpha value is -0.290. The highest BCUT2D eigenvalue weighted by Gasteiger charge is 2.24. The lowest BCUT2D eigenvalue weighted by molar-refractivity contribution is 0.167. The van der Waals surface area contributed by atoms with Crippen LogP contribution in [0.15, 0.2) is 16.6 Å². The fraction of sp³-hybridized carbons (Fsp3) is 0.538. The number of hydrogen-bond acceptors (Lipinski definition) is 3. The van der Waals surface area contributed by atoms with Crippen molar-refractivity contribution in [3.05, 3.63) is 27.2 Å². The fourth-order valence-electron chi connectivity index (χ4n) is 2.49. The third-order valence-corrected chi connectivity index (χ3v) is 4.78. The summed E-state index contributed by atoms with van der Waals surface area (Å²) < 4.78 is 0.593. The Balaban J connectivity index is 2.29. The standard InChI is InChI=1S/C13H18BrClN2O/c1-2-11(17-7-5-16-6-8-17)9-3-4-10(15)12(14)13(9)18/h3-4,11,16,18H,2,5-8H2,1H3/t11-/m1/s1. The number of benzene rings is 1. The van der Waals surface area contributed by atoms with Crippen LogP contribution < -0.4 is 5.32 Å². The first-order valence-electron chi connectivity index (χ1n) is 6.26. The summed E-state index contributed by atoms with van der Waals surface area (Å²) in [4.78, 5) is 2.41. The van der Waals surface area contributed by atoms with E-state index >= 15 is 0 Å². The minimum atomic E-state index is 0.251. The maximum atomic E-state index is 10.2. The van der Waals surface area contributed by atoms with Crippen molar-refractivity contribution in [2.45, 2.75) is 19.4 Å². The minimum Gasteiger partial charge on any atom is -0.506 e. The summed E-state index contributed by atoms with van der Waals surface area (Å²) in [7, 11) is 0. The fourth-order valence-corrected chi connectivity index (χ4v) is 3.01. The largest absolute Gasteiger partial charge is 0.506 e. The lowest BCUT2D eigenvalue weighted by atomic mass is 10.0. The Morgan fingerprint density at radius 3 is 2.72 bits per heavy atom. The van der Waals surface area contributed by atoms with Gasteiger partial charge in [-0.25, -0.2) is 0 Å². The van der Waals surface area contributed by atoms with Gasteiger partial charge in [0.25, 0.3) is 0 Å². The monoisotopic (exact) mass is 332 g/mol. The molecule has 18 heavy (non-hydrogen) atoms. The first-order valence-corrected chi connectivity index (χ1v) is 7.44. The summed E-state index contributed by atoms with van der Waals surface area (Å²) in [6.07, 6.45) is 0.974. The van der Waals surface area contributed by atoms with Crippen LogP contribution in [0.5, 0.6) is 5.75 Å². The molecule has 0 saturated carbocycles. The molecule has 1 aliphatic heterocycles. The van der Waals surface area contributed by atoms with Gasteiger partial charge >= 0.3 is 0 Å². The van der Waals surface area contributed by atoms with E-state index < -0.39 is 0 Å². The summed E-state index contributed by atoms with van der Waals surface area (Å²) in [6.45, 7) is 6.18. The summed E-state index contributed by atoms with van der Waals surface area (Å²) in [5.41, 5.74) is 0.954. The number of halogens is 2. The number of piperazine rings is 1. The third kappa shape index (κ3) is 2.82. The Bertz CT molecular complexity index is 422. The second-order valence-electron chi connectivity index (χ2n) is 4.51. The van der Waals surface area contributed by atoms with Crippen LogP contribution in [0, 0.1) is 0 Å². The Morgan fingerprint density at radius 2 is 2.11 bits per heavy atom. The lowest BCUT2D eigenvalue weighted by Gasteiger charge is -2.35. The molecule has 1 heterocycles. The van der Waals surface area contributed by atoms with Gasteiger partial charge in [-0.3, -0.25) is 4.90 Å². The van der Waals surface area contributed by atoms with Gasteiger partial charge in [0.1, 0.15) is 5.75 Å². The molecule has 1 fully saturated rings. The molecular formula is C13H18BrClN2O. The highest BCUT2D eigenvalue weighted by Crippen LogP contribution is 2.39. The molecule has 3 nitrogen and oxygen atoms in total. The van der Waals surface area contributed by atoms with Crippen molar-refractivity contribution in [1.29, 1.82) is 0 Å². The molecule has 1 saturated heterocycles. The molecule has 1 aromatic rings. The molecule has 0 amide bonds. The van der Waals surface area contributed by atoms with Gasteiger partial charge in [-0.2, -0.15) is 0 Å². The summed E-state index contributed by atoms with van der Waals surface area (Å²) in [5, 5.41) is 14.1. The molecular weight excluding hydrogens is 316 g/mol. The van der Waals surface area contributed by atoms with Crippen molar-refractivity contribution in [2.24, 2.45) is 0 Å². The molecule has 0 aromatic heterocycles. The summed E-state index contributed by atoms with van der Waals surface area (Å²) in [5.74, 6) is 0.271. The van der Waals surface area contributed by atoms with Crippen molar-refractivity contribution in [3.8, 4) is 5.75 Å². The zero-order chi connectivity index (χ0) is 13.1. The molecule has 0 aliphatic carbocycles. The van der Waals surface area contributed by atoms with Gasteiger partial charge in [0, 0.05) is 37.8 Å². The van der Waals surface area contributed by atoms with Gasteiger partial charge in [-0.1, -0.05) is 24.6 Å². The Morgan fingerprint density at radius 1 is 1.44 bits per heavy atom. The van der Waals surface area contributed by atoms with Crippen LogP contribution >= 0.6 is 27.5 Å². The van der Waals surface area contributed by atoms with Crippen molar-refractivity contribution < 1.29 is 5.11 Å². The number of nitrogens with one attached hydrogen (secondary N) is 1. The maximum Gasteiger partial charge on any atom is 0.136 e. The number of phenolic OH excluding ortho intramolecular Hbond substituents is 1. The molecule has 0 spiro atoms. The topological polar surface area (TPSA) is 35.5 Å². The van der Waals surface area contributed by atoms with Crippen molar-refractivity contribution in [3.63, 3.8) is 0 Å². The molecule has 1 atom stereocenters. The number of phenols is 1. The van der Waals surface area contributed by atoms with Gasteiger partial charge in [0.15, 0.2) is 0 Å². The first kappa shape index (κ1) is 14.1. The average molecular weight is 334 g/mol. The number of nitrogens with zero attached hydrogens (tertiary/aromatic N) is 1. The Labute approximate surface area is 121 Å². The molecule has 100 valence electrons. The van der Waals surface area contributed by atoms with Crippen LogP contribution in [0.1, 0.15) is 24.9 Å². The summed E-state index contributed by atoms with van der Waals surface area (Å²) in [6, 6.07) is 4.02. The zero-order valence-electron chi connectivity index (χ0n) is 10.4. The van der Waals surface area contributed by atoms with E-state index in [0.717, 1.165) is 38.2 Å². The maximum absolute atomic E-state index is 10.2. The molecule has 2 rings (SSSR count). The second kappa shape index (κ2) is 6.24. The van der Waals surface area contributed by atoms with Crippen LogP contribution in [0.25, 0.3) is 0 Å². The van der Waals surface area contributed by atoms with E-state index in [-0.39, 0.29) is 11.8 Å². The van der Waals surface area contributed by atoms with Crippen molar-refractivity contribution >= 4 is 27.5 Å². The quantitative estimate of drug-likeness (QED) is 0.892. The van der Waals surface area contributed by atoms with Gasteiger partial charge in [0.05, 0.1) is 9.50 Å². The molecule has 2 N–H and O–H groups in total. The number of hydrogen-bond donors (Lipinski definition) is 2. The molecule has 1 aromatic carbocycles. The van der Waals surface area contributed by atoms with E-state index in [1.165, 1.54) is 0 Å². The van der Waals surface area contributed by atoms with Gasteiger partial charge < -0.3 is 10.4 Å². The lowest BCUT2D eigenvalue weighted by Crippen LogP contribution is -2.45. The van der Waals surface area contributed by atoms with E-state index in [9.17, 15) is 5.11 Å². The van der Waals surface area contributed by atoms with Gasteiger partial charge in [-0.05, 0) is 28.4 Å². The van der Waals surface area contributed by atoms with E-state index in [1.54, 1.807) is 0 Å². The normalized spacial score (nSPS) is 18.8. The molecule has 0 radical (unpaired) electrons. The van der Waals surface area contributed by atoms with Crippen LogP contribution in [-0.4, -0.2) is 36.2 Å². The first-order chi connectivity index (χ1) is 8.65. The minimum absolute atomic E-state index is 0.251. The molecule has 0 unspecified atom stereocenters. The predicted molar refractivity (Wildman–Crippen MR) is 78.3 cm³/mol. The van der Waals surface area contributed by atoms with Crippen LogP contribution in [0.2, 0.25) is 5.02 Å². The predicted octanol–water partition coefficient (Wildman–Crippen LogP) is 3.16. The third-order valence-electron chi connectivity index (χ3n) is 3.44. The van der Waals surface area contributed by atoms with Crippen molar-refractivity contribution in [2.75, 3.05) is 26.2 Å². The SMILES string of the molecule is CC[C@H](c1ccc(Cl)c(Br)c1O)N1CCNCC1. The Kier molecular flexibility index (Phi) is 4.90. The molecule has 1 aliphatic rings. The number of aromatic hydroxyl groups is 1. The van der Waals surface area contributed by atoms with E-state index in [1.807, 2.05) is 12.1 Å². The van der Waals surface area contributed by atoms with Crippen LogP contribution in [0.3, 0.4) is 0 Å². The van der Waals surface area contributed by atoms with E-state index in [0.29, 0.717) is 9.50 Å². The second-order valence-corrected chi connectivity index (χ2v) is 5.71.